The second kappa shape index (κ2) is 8.14. The highest BCUT2D eigenvalue weighted by molar-refractivity contribution is 5.76. The van der Waals surface area contributed by atoms with Crippen LogP contribution in [0, 0.1) is 17.3 Å². The zero-order chi connectivity index (χ0) is 16.0. The summed E-state index contributed by atoms with van der Waals surface area (Å²) in [5.41, 5.74) is 0.385. The highest BCUT2D eigenvalue weighted by Gasteiger charge is 2.30. The fraction of sp³-hybridized carbons (Fsp3) is 0.941. The molecular formula is C17H33NO3. The molecule has 1 saturated carbocycles. The van der Waals surface area contributed by atoms with Gasteiger partial charge in [0.1, 0.15) is 0 Å². The number of hydrogen-bond donors (Lipinski definition) is 1. The van der Waals surface area contributed by atoms with E-state index < -0.39 is 6.10 Å². The van der Waals surface area contributed by atoms with Crippen molar-refractivity contribution in [1.82, 2.24) is 4.90 Å². The molecular weight excluding hydrogens is 266 g/mol. The average molecular weight is 299 g/mol. The van der Waals surface area contributed by atoms with E-state index in [9.17, 15) is 9.90 Å². The Balaban J connectivity index is 2.33. The van der Waals surface area contributed by atoms with Gasteiger partial charge in [-0.15, -0.1) is 0 Å². The lowest BCUT2D eigenvalue weighted by Gasteiger charge is -2.37. The molecule has 1 amide bonds. The van der Waals surface area contributed by atoms with Crippen molar-refractivity contribution >= 4 is 5.91 Å². The van der Waals surface area contributed by atoms with Crippen LogP contribution in [0.15, 0.2) is 0 Å². The maximum Gasteiger partial charge on any atom is 0.222 e. The summed E-state index contributed by atoms with van der Waals surface area (Å²) in [4.78, 5) is 13.8. The number of carbonyl (C=O) groups excluding carboxylic acids is 1. The normalized spacial score (nSPS) is 24.7. The molecule has 1 N–H and O–H groups in total. The lowest BCUT2D eigenvalue weighted by Crippen LogP contribution is -2.37. The van der Waals surface area contributed by atoms with Crippen LogP contribution in [0.5, 0.6) is 0 Å². The summed E-state index contributed by atoms with van der Waals surface area (Å²) in [6.07, 6.45) is 4.80. The van der Waals surface area contributed by atoms with Crippen LogP contribution in [0.1, 0.15) is 52.9 Å². The molecule has 1 rings (SSSR count). The summed E-state index contributed by atoms with van der Waals surface area (Å²) in [5, 5.41) is 9.68. The molecule has 124 valence electrons. The summed E-state index contributed by atoms with van der Waals surface area (Å²) in [5.74, 6) is 1.44. The summed E-state index contributed by atoms with van der Waals surface area (Å²) >= 11 is 0. The summed E-state index contributed by atoms with van der Waals surface area (Å²) < 4.78 is 4.89. The van der Waals surface area contributed by atoms with Gasteiger partial charge in [0.05, 0.1) is 12.7 Å². The Morgan fingerprint density at radius 3 is 2.33 bits per heavy atom. The van der Waals surface area contributed by atoms with Crippen LogP contribution >= 0.6 is 0 Å². The number of amides is 1. The van der Waals surface area contributed by atoms with Crippen LogP contribution in [0.3, 0.4) is 0 Å². The molecule has 1 aliphatic carbocycles. The SMILES string of the molecule is COCC(O)CN(C)C(=O)CC1CCC(C(C)(C)C)CC1. The minimum absolute atomic E-state index is 0.143. The zero-order valence-corrected chi connectivity index (χ0v) is 14.4. The monoisotopic (exact) mass is 299 g/mol. The molecule has 1 fully saturated rings. The number of aliphatic hydroxyl groups is 1. The first kappa shape index (κ1) is 18.4. The fourth-order valence-electron chi connectivity index (χ4n) is 3.30. The quantitative estimate of drug-likeness (QED) is 0.820. The van der Waals surface area contributed by atoms with Gasteiger partial charge in [0, 0.05) is 27.1 Å². The standard InChI is InChI=1S/C17H33NO3/c1-17(2,3)14-8-6-13(7-9-14)10-16(20)18(4)11-15(19)12-21-5/h13-15,19H,6-12H2,1-5H3. The average Bonchev–Trinajstić information content (AvgIpc) is 2.38. The molecule has 0 saturated heterocycles. The minimum atomic E-state index is -0.597. The Hall–Kier alpha value is -0.610. The van der Waals surface area contributed by atoms with Crippen molar-refractivity contribution in [2.45, 2.75) is 59.0 Å². The molecule has 0 spiro atoms. The van der Waals surface area contributed by atoms with E-state index in [0.29, 0.717) is 24.3 Å². The number of methoxy groups -OCH3 is 1. The van der Waals surface area contributed by atoms with Gasteiger partial charge in [0.2, 0.25) is 5.91 Å². The van der Waals surface area contributed by atoms with Crippen molar-refractivity contribution in [3.63, 3.8) is 0 Å². The zero-order valence-electron chi connectivity index (χ0n) is 14.4. The first-order chi connectivity index (χ1) is 9.74. The Morgan fingerprint density at radius 1 is 1.29 bits per heavy atom. The molecule has 1 unspecified atom stereocenters. The van der Waals surface area contributed by atoms with Crippen molar-refractivity contribution in [2.75, 3.05) is 27.3 Å². The van der Waals surface area contributed by atoms with E-state index in [-0.39, 0.29) is 12.5 Å². The lowest BCUT2D eigenvalue weighted by atomic mass is 9.69. The molecule has 0 aromatic carbocycles. The molecule has 1 atom stereocenters. The summed E-state index contributed by atoms with van der Waals surface area (Å²) in [7, 11) is 3.32. The number of nitrogens with zero attached hydrogens (tertiary/aromatic N) is 1. The van der Waals surface area contributed by atoms with Gasteiger partial charge in [-0.2, -0.15) is 0 Å². The van der Waals surface area contributed by atoms with Crippen molar-refractivity contribution in [1.29, 1.82) is 0 Å². The Bertz CT molecular complexity index is 316. The second-order valence-corrected chi connectivity index (χ2v) is 7.67. The van der Waals surface area contributed by atoms with Crippen LogP contribution in [0.4, 0.5) is 0 Å². The Kier molecular flexibility index (Phi) is 7.14. The molecule has 0 bridgehead atoms. The molecule has 21 heavy (non-hydrogen) atoms. The van der Waals surface area contributed by atoms with Gasteiger partial charge in [-0.3, -0.25) is 4.79 Å². The van der Waals surface area contributed by atoms with E-state index in [4.69, 9.17) is 4.74 Å². The largest absolute Gasteiger partial charge is 0.389 e. The topological polar surface area (TPSA) is 49.8 Å². The molecule has 1 aliphatic rings. The number of likely N-dealkylation sites (N-methyl/N-ethyl adjacent to an activating group) is 1. The highest BCUT2D eigenvalue weighted by Crippen LogP contribution is 2.40. The van der Waals surface area contributed by atoms with Crippen molar-refractivity contribution < 1.29 is 14.6 Å². The first-order valence-electron chi connectivity index (χ1n) is 8.15. The van der Waals surface area contributed by atoms with Crippen molar-refractivity contribution in [2.24, 2.45) is 17.3 Å². The van der Waals surface area contributed by atoms with E-state index in [1.165, 1.54) is 12.8 Å². The van der Waals surface area contributed by atoms with Crippen molar-refractivity contribution in [3.8, 4) is 0 Å². The van der Waals surface area contributed by atoms with Gasteiger partial charge >= 0.3 is 0 Å². The van der Waals surface area contributed by atoms with Gasteiger partial charge in [0.25, 0.3) is 0 Å². The van der Waals surface area contributed by atoms with E-state index in [0.717, 1.165) is 18.8 Å². The molecule has 0 aromatic rings. The third kappa shape index (κ3) is 6.35. The number of rotatable bonds is 6. The number of carbonyl (C=O) groups is 1. The predicted octanol–water partition coefficient (Wildman–Crippen LogP) is 2.69. The summed E-state index contributed by atoms with van der Waals surface area (Å²) in [6, 6.07) is 0. The van der Waals surface area contributed by atoms with Gasteiger partial charge in [-0.1, -0.05) is 20.8 Å². The summed E-state index contributed by atoms with van der Waals surface area (Å²) in [6.45, 7) is 7.56. The second-order valence-electron chi connectivity index (χ2n) is 7.67. The first-order valence-corrected chi connectivity index (χ1v) is 8.15. The van der Waals surface area contributed by atoms with Gasteiger partial charge in [0.15, 0.2) is 0 Å². The fourth-order valence-corrected chi connectivity index (χ4v) is 3.30. The molecule has 0 radical (unpaired) electrons. The Labute approximate surface area is 129 Å². The Morgan fingerprint density at radius 2 is 1.86 bits per heavy atom. The third-order valence-corrected chi connectivity index (χ3v) is 4.80. The predicted molar refractivity (Wildman–Crippen MR) is 85.0 cm³/mol. The van der Waals surface area contributed by atoms with E-state index in [2.05, 4.69) is 20.8 Å². The maximum atomic E-state index is 12.2. The molecule has 4 heteroatoms. The maximum absolute atomic E-state index is 12.2. The lowest BCUT2D eigenvalue weighted by molar-refractivity contribution is -0.133. The van der Waals surface area contributed by atoms with Crippen LogP contribution < -0.4 is 0 Å². The minimum Gasteiger partial charge on any atom is -0.389 e. The van der Waals surface area contributed by atoms with E-state index in [1.54, 1.807) is 19.1 Å². The smallest absolute Gasteiger partial charge is 0.222 e. The molecule has 0 heterocycles. The van der Waals surface area contributed by atoms with Crippen LogP contribution in [-0.2, 0) is 9.53 Å². The van der Waals surface area contributed by atoms with Crippen LogP contribution in [-0.4, -0.2) is 49.3 Å². The van der Waals surface area contributed by atoms with E-state index in [1.807, 2.05) is 0 Å². The van der Waals surface area contributed by atoms with E-state index >= 15 is 0 Å². The van der Waals surface area contributed by atoms with Crippen LogP contribution in [0.25, 0.3) is 0 Å². The molecule has 0 aromatic heterocycles. The number of ether oxygens (including phenoxy) is 1. The third-order valence-electron chi connectivity index (χ3n) is 4.80. The van der Waals surface area contributed by atoms with Crippen LogP contribution in [0.2, 0.25) is 0 Å². The van der Waals surface area contributed by atoms with Crippen molar-refractivity contribution in [3.05, 3.63) is 0 Å². The molecule has 4 nitrogen and oxygen atoms in total. The molecule has 0 aliphatic heterocycles. The van der Waals surface area contributed by atoms with Gasteiger partial charge in [-0.25, -0.2) is 0 Å². The highest BCUT2D eigenvalue weighted by atomic mass is 16.5. The van der Waals surface area contributed by atoms with Gasteiger partial charge in [-0.05, 0) is 42.9 Å². The number of hydrogen-bond acceptors (Lipinski definition) is 3. The van der Waals surface area contributed by atoms with Gasteiger partial charge < -0.3 is 14.7 Å². The number of aliphatic hydroxyl groups excluding tert-OH is 1.